The fourth-order valence-corrected chi connectivity index (χ4v) is 5.00. The summed E-state index contributed by atoms with van der Waals surface area (Å²) < 4.78 is 0. The monoisotopic (exact) mass is 366 g/mol. The molecule has 0 saturated carbocycles. The third kappa shape index (κ3) is 4.23. The van der Waals surface area contributed by atoms with Gasteiger partial charge in [-0.3, -0.25) is 4.98 Å². The molecule has 1 fully saturated rings. The second-order valence-corrected chi connectivity index (χ2v) is 8.21. The summed E-state index contributed by atoms with van der Waals surface area (Å²) in [7, 11) is 0. The molecule has 2 heterocycles. The molecule has 1 aromatic carbocycles. The van der Waals surface area contributed by atoms with Crippen LogP contribution in [-0.4, -0.2) is 46.3 Å². The van der Waals surface area contributed by atoms with Gasteiger partial charge in [-0.05, 0) is 61.3 Å². The van der Waals surface area contributed by atoms with Gasteiger partial charge in [-0.2, -0.15) is 0 Å². The van der Waals surface area contributed by atoms with Crippen LogP contribution in [0.5, 0.6) is 0 Å². The zero-order valence-corrected chi connectivity index (χ0v) is 15.9. The Morgan fingerprint density at radius 1 is 1.07 bits per heavy atom. The number of fused-ring (bicyclic) bond motifs is 1. The third-order valence-electron chi connectivity index (χ3n) is 6.42. The van der Waals surface area contributed by atoms with Crippen molar-refractivity contribution in [1.29, 1.82) is 0 Å². The zero-order chi connectivity index (χ0) is 18.6. The van der Waals surface area contributed by atoms with E-state index >= 15 is 0 Å². The second-order valence-electron chi connectivity index (χ2n) is 8.21. The number of hydrogen-bond acceptors (Lipinski definition) is 4. The minimum atomic E-state index is -0.454. The summed E-state index contributed by atoms with van der Waals surface area (Å²) in [5.74, 6) is 1.21. The molecule has 1 aromatic heterocycles. The van der Waals surface area contributed by atoms with Gasteiger partial charge in [0.05, 0.1) is 11.8 Å². The van der Waals surface area contributed by atoms with Crippen LogP contribution in [0, 0.1) is 11.8 Å². The van der Waals surface area contributed by atoms with Crippen molar-refractivity contribution in [3.63, 3.8) is 0 Å². The van der Waals surface area contributed by atoms with Gasteiger partial charge < -0.3 is 15.1 Å². The molecule has 4 nitrogen and oxygen atoms in total. The Kier molecular flexibility index (Phi) is 5.86. The molecular weight excluding hydrogens is 336 g/mol. The van der Waals surface area contributed by atoms with Crippen LogP contribution in [0.3, 0.4) is 0 Å². The molecule has 1 aliphatic carbocycles. The van der Waals surface area contributed by atoms with E-state index in [9.17, 15) is 10.2 Å². The summed E-state index contributed by atoms with van der Waals surface area (Å²) in [6.07, 6.45) is 5.29. The number of aliphatic hydroxyl groups is 2. The van der Waals surface area contributed by atoms with Crippen LogP contribution in [-0.2, 0) is 6.42 Å². The highest BCUT2D eigenvalue weighted by atomic mass is 16.3. The number of aliphatic hydroxyl groups excluding tert-OH is 2. The van der Waals surface area contributed by atoms with Crippen molar-refractivity contribution in [2.75, 3.05) is 26.2 Å². The van der Waals surface area contributed by atoms with Crippen molar-refractivity contribution in [3.05, 3.63) is 65.5 Å². The molecule has 1 aliphatic heterocycles. The number of rotatable bonds is 4. The molecule has 0 spiro atoms. The summed E-state index contributed by atoms with van der Waals surface area (Å²) in [5, 5.41) is 20.6. The predicted molar refractivity (Wildman–Crippen MR) is 106 cm³/mol. The standard InChI is InChI=1S/C23H30N2O2/c26-16-20-15-25(12-10-21(20)18-5-2-1-3-6-18)14-17-8-9-19-7-4-11-24-23(19)22(27)13-17/h1-7,11,17,20-22,26-27H,8-10,12-16H2/t17-,20+,21+,22+/m1/s1. The Morgan fingerprint density at radius 2 is 1.93 bits per heavy atom. The Balaban J connectivity index is 1.38. The highest BCUT2D eigenvalue weighted by molar-refractivity contribution is 5.24. The SMILES string of the molecule is OC[C@@H]1CN(C[C@@H]2CCc3cccnc3[C@@H](O)C2)CC[C@H]1c1ccccc1. The van der Waals surface area contributed by atoms with Crippen molar-refractivity contribution in [3.8, 4) is 0 Å². The molecule has 27 heavy (non-hydrogen) atoms. The first kappa shape index (κ1) is 18.6. The first-order valence-corrected chi connectivity index (χ1v) is 10.2. The van der Waals surface area contributed by atoms with Crippen LogP contribution in [0.2, 0.25) is 0 Å². The smallest absolute Gasteiger partial charge is 0.0965 e. The minimum absolute atomic E-state index is 0.235. The first-order valence-electron chi connectivity index (χ1n) is 10.2. The summed E-state index contributed by atoms with van der Waals surface area (Å²) in [6.45, 7) is 3.24. The maximum atomic E-state index is 10.6. The fourth-order valence-electron chi connectivity index (χ4n) is 5.00. The van der Waals surface area contributed by atoms with Crippen LogP contribution in [0.4, 0.5) is 0 Å². The van der Waals surface area contributed by atoms with Crippen molar-refractivity contribution in [2.45, 2.75) is 37.7 Å². The highest BCUT2D eigenvalue weighted by Crippen LogP contribution is 2.35. The molecule has 1 saturated heterocycles. The number of pyridine rings is 1. The molecule has 4 atom stereocenters. The number of aryl methyl sites for hydroxylation is 1. The largest absolute Gasteiger partial charge is 0.396 e. The molecule has 0 amide bonds. The van der Waals surface area contributed by atoms with Crippen LogP contribution >= 0.6 is 0 Å². The van der Waals surface area contributed by atoms with Gasteiger partial charge in [0.1, 0.15) is 0 Å². The number of hydrogen-bond donors (Lipinski definition) is 2. The topological polar surface area (TPSA) is 56.6 Å². The lowest BCUT2D eigenvalue weighted by Crippen LogP contribution is -2.43. The van der Waals surface area contributed by atoms with E-state index < -0.39 is 6.10 Å². The Labute approximate surface area is 161 Å². The molecule has 4 rings (SSSR count). The van der Waals surface area contributed by atoms with E-state index in [1.807, 2.05) is 6.07 Å². The molecule has 2 N–H and O–H groups in total. The van der Waals surface area contributed by atoms with Crippen LogP contribution in [0.15, 0.2) is 48.7 Å². The molecule has 0 bridgehead atoms. The van der Waals surface area contributed by atoms with E-state index in [4.69, 9.17) is 0 Å². The lowest BCUT2D eigenvalue weighted by atomic mass is 9.80. The third-order valence-corrected chi connectivity index (χ3v) is 6.42. The maximum absolute atomic E-state index is 10.6. The van der Waals surface area contributed by atoms with Crippen molar-refractivity contribution >= 4 is 0 Å². The fraction of sp³-hybridized carbons (Fsp3) is 0.522. The molecule has 2 aliphatic rings. The number of benzene rings is 1. The average molecular weight is 367 g/mol. The summed E-state index contributed by atoms with van der Waals surface area (Å²) in [6, 6.07) is 14.7. The molecule has 0 radical (unpaired) electrons. The summed E-state index contributed by atoms with van der Waals surface area (Å²) in [5.41, 5.74) is 3.42. The van der Waals surface area contributed by atoms with E-state index in [1.165, 1.54) is 11.1 Å². The van der Waals surface area contributed by atoms with E-state index in [0.717, 1.165) is 51.0 Å². The number of likely N-dealkylation sites (tertiary alicyclic amines) is 1. The predicted octanol–water partition coefficient (Wildman–Crippen LogP) is 3.17. The van der Waals surface area contributed by atoms with E-state index in [-0.39, 0.29) is 12.5 Å². The van der Waals surface area contributed by atoms with Gasteiger partial charge in [0.25, 0.3) is 0 Å². The van der Waals surface area contributed by atoms with Crippen molar-refractivity contribution in [2.24, 2.45) is 11.8 Å². The normalized spacial score (nSPS) is 29.1. The van der Waals surface area contributed by atoms with Crippen LogP contribution in [0.25, 0.3) is 0 Å². The molecule has 4 heteroatoms. The van der Waals surface area contributed by atoms with Gasteiger partial charge in [-0.15, -0.1) is 0 Å². The minimum Gasteiger partial charge on any atom is -0.396 e. The van der Waals surface area contributed by atoms with Crippen molar-refractivity contribution in [1.82, 2.24) is 9.88 Å². The second kappa shape index (κ2) is 8.51. The van der Waals surface area contributed by atoms with Crippen molar-refractivity contribution < 1.29 is 10.2 Å². The number of aromatic nitrogens is 1. The molecule has 2 aromatic rings. The molecule has 0 unspecified atom stereocenters. The first-order chi connectivity index (χ1) is 13.2. The summed E-state index contributed by atoms with van der Waals surface area (Å²) in [4.78, 5) is 6.91. The number of piperidine rings is 1. The maximum Gasteiger partial charge on any atom is 0.0965 e. The Bertz CT molecular complexity index is 736. The molecular formula is C23H30N2O2. The van der Waals surface area contributed by atoms with Crippen LogP contribution < -0.4 is 0 Å². The zero-order valence-electron chi connectivity index (χ0n) is 15.9. The Hall–Kier alpha value is -1.75. The quantitative estimate of drug-likeness (QED) is 0.816. The number of nitrogens with zero attached hydrogens (tertiary/aromatic N) is 2. The van der Waals surface area contributed by atoms with E-state index in [2.05, 4.69) is 46.3 Å². The van der Waals surface area contributed by atoms with Gasteiger partial charge in [0.15, 0.2) is 0 Å². The van der Waals surface area contributed by atoms with E-state index in [0.29, 0.717) is 11.8 Å². The van der Waals surface area contributed by atoms with Gasteiger partial charge in [-0.25, -0.2) is 0 Å². The van der Waals surface area contributed by atoms with Crippen LogP contribution in [0.1, 0.15) is 48.1 Å². The molecule has 144 valence electrons. The highest BCUT2D eigenvalue weighted by Gasteiger charge is 2.32. The average Bonchev–Trinajstić information content (AvgIpc) is 2.87. The van der Waals surface area contributed by atoms with E-state index in [1.54, 1.807) is 6.20 Å². The Morgan fingerprint density at radius 3 is 2.74 bits per heavy atom. The lowest BCUT2D eigenvalue weighted by Gasteiger charge is -2.39. The van der Waals surface area contributed by atoms with Gasteiger partial charge in [0, 0.05) is 31.8 Å². The lowest BCUT2D eigenvalue weighted by molar-refractivity contribution is 0.0751. The van der Waals surface area contributed by atoms with Gasteiger partial charge in [-0.1, -0.05) is 36.4 Å². The summed E-state index contributed by atoms with van der Waals surface area (Å²) >= 11 is 0. The van der Waals surface area contributed by atoms with Gasteiger partial charge in [0.2, 0.25) is 0 Å². The van der Waals surface area contributed by atoms with Gasteiger partial charge >= 0.3 is 0 Å².